The van der Waals surface area contributed by atoms with Crippen LogP contribution in [0.4, 0.5) is 0 Å². The molecule has 110 valence electrons. The van der Waals surface area contributed by atoms with Crippen molar-refractivity contribution in [3.63, 3.8) is 0 Å². The van der Waals surface area contributed by atoms with E-state index >= 15 is 0 Å². The van der Waals surface area contributed by atoms with Crippen LogP contribution >= 0.6 is 11.3 Å². The monoisotopic (exact) mass is 318 g/mol. The molecule has 3 heterocycles. The van der Waals surface area contributed by atoms with Crippen molar-refractivity contribution in [1.82, 2.24) is 9.38 Å². The lowest BCUT2D eigenvalue weighted by atomic mass is 10.2. The quantitative estimate of drug-likeness (QED) is 0.462. The highest BCUT2D eigenvalue weighted by atomic mass is 32.1. The summed E-state index contributed by atoms with van der Waals surface area (Å²) < 4.78 is 7.26. The second-order valence-electron chi connectivity index (χ2n) is 5.30. The van der Waals surface area contributed by atoms with Gasteiger partial charge in [0, 0.05) is 4.88 Å². The zero-order valence-electron chi connectivity index (χ0n) is 11.9. The molecule has 0 atom stereocenters. The third-order valence-electron chi connectivity index (χ3n) is 3.90. The summed E-state index contributed by atoms with van der Waals surface area (Å²) in [6.45, 7) is 0. The average molecular weight is 318 g/mol. The first-order valence-electron chi connectivity index (χ1n) is 7.20. The number of rotatable bonds is 1. The first-order valence-corrected chi connectivity index (χ1v) is 8.02. The van der Waals surface area contributed by atoms with Crippen molar-refractivity contribution in [3.8, 4) is 10.4 Å². The number of oxazole rings is 1. The number of benzene rings is 2. The summed E-state index contributed by atoms with van der Waals surface area (Å²) in [6.07, 6.45) is 0. The van der Waals surface area contributed by atoms with E-state index in [4.69, 9.17) is 4.42 Å². The Kier molecular flexibility index (Phi) is 2.49. The predicted octanol–water partition coefficient (Wildman–Crippen LogP) is 4.32. The molecule has 2 aromatic carbocycles. The topological polar surface area (TPSA) is 47.5 Å². The van der Waals surface area contributed by atoms with Crippen LogP contribution in [0, 0.1) is 0 Å². The predicted molar refractivity (Wildman–Crippen MR) is 92.1 cm³/mol. The van der Waals surface area contributed by atoms with Crippen molar-refractivity contribution in [1.29, 1.82) is 0 Å². The fourth-order valence-corrected chi connectivity index (χ4v) is 3.83. The zero-order valence-corrected chi connectivity index (χ0v) is 12.7. The molecular formula is C18H10N2O2S. The van der Waals surface area contributed by atoms with Gasteiger partial charge in [-0.25, -0.2) is 4.40 Å². The van der Waals surface area contributed by atoms with Gasteiger partial charge in [-0.05, 0) is 23.8 Å². The highest BCUT2D eigenvalue weighted by molar-refractivity contribution is 7.21. The molecule has 23 heavy (non-hydrogen) atoms. The van der Waals surface area contributed by atoms with E-state index < -0.39 is 0 Å². The van der Waals surface area contributed by atoms with E-state index in [9.17, 15) is 4.79 Å². The van der Waals surface area contributed by atoms with Gasteiger partial charge in [0.1, 0.15) is 4.83 Å². The van der Waals surface area contributed by atoms with Gasteiger partial charge in [0.05, 0.1) is 10.9 Å². The van der Waals surface area contributed by atoms with E-state index in [0.29, 0.717) is 21.6 Å². The minimum absolute atomic E-state index is 0.0895. The highest BCUT2D eigenvalue weighted by Gasteiger charge is 2.15. The fourth-order valence-electron chi connectivity index (χ4n) is 2.81. The van der Waals surface area contributed by atoms with Gasteiger partial charge in [-0.2, -0.15) is 4.98 Å². The van der Waals surface area contributed by atoms with E-state index in [2.05, 4.69) is 4.98 Å². The van der Waals surface area contributed by atoms with Crippen LogP contribution in [-0.4, -0.2) is 9.38 Å². The van der Waals surface area contributed by atoms with Crippen LogP contribution < -0.4 is 5.56 Å². The van der Waals surface area contributed by atoms with E-state index in [1.165, 1.54) is 11.3 Å². The van der Waals surface area contributed by atoms with Gasteiger partial charge in [-0.1, -0.05) is 42.5 Å². The molecular weight excluding hydrogens is 308 g/mol. The molecule has 0 unspecified atom stereocenters. The summed E-state index contributed by atoms with van der Waals surface area (Å²) in [7, 11) is 0. The Labute approximate surface area is 134 Å². The Morgan fingerprint density at radius 2 is 1.78 bits per heavy atom. The van der Waals surface area contributed by atoms with Gasteiger partial charge in [0.2, 0.25) is 0 Å². The van der Waals surface area contributed by atoms with E-state index in [-0.39, 0.29) is 5.56 Å². The summed E-state index contributed by atoms with van der Waals surface area (Å²) in [5, 5.41) is 0.623. The number of aromatic nitrogens is 2. The molecule has 0 aliphatic rings. The molecule has 3 aromatic heterocycles. The number of fused-ring (bicyclic) bond motifs is 4. The molecule has 0 saturated heterocycles. The zero-order chi connectivity index (χ0) is 15.4. The van der Waals surface area contributed by atoms with E-state index in [1.807, 2.05) is 60.7 Å². The summed E-state index contributed by atoms with van der Waals surface area (Å²) >= 11 is 1.50. The van der Waals surface area contributed by atoms with Gasteiger partial charge in [0.15, 0.2) is 5.58 Å². The summed E-state index contributed by atoms with van der Waals surface area (Å²) in [6, 6.07) is 19.4. The second kappa shape index (κ2) is 4.54. The molecule has 0 fully saturated rings. The van der Waals surface area contributed by atoms with Crippen molar-refractivity contribution in [2.45, 2.75) is 0 Å². The molecule has 0 N–H and O–H groups in total. The third-order valence-corrected chi connectivity index (χ3v) is 4.98. The Hall–Kier alpha value is -2.92. The smallest absolute Gasteiger partial charge is 0.311 e. The molecule has 0 aliphatic heterocycles. The molecule has 5 aromatic rings. The number of nitrogens with zero attached hydrogens (tertiary/aromatic N) is 2. The van der Waals surface area contributed by atoms with Gasteiger partial charge in [0.25, 0.3) is 5.56 Å². The van der Waals surface area contributed by atoms with Gasteiger partial charge >= 0.3 is 5.84 Å². The standard InChI is InChI=1S/C18H10N2O2S/c21-17-12-10-15(11-6-2-1-3-7-11)23-16(12)19-18-20(17)13-8-4-5-9-14(13)22-18/h1-10H. The molecule has 0 bridgehead atoms. The van der Waals surface area contributed by atoms with Crippen LogP contribution in [0.3, 0.4) is 0 Å². The van der Waals surface area contributed by atoms with Crippen LogP contribution in [0.5, 0.6) is 0 Å². The second-order valence-corrected chi connectivity index (χ2v) is 6.33. The number of para-hydroxylation sites is 2. The Morgan fingerprint density at radius 1 is 1.00 bits per heavy atom. The van der Waals surface area contributed by atoms with Gasteiger partial charge in [-0.15, -0.1) is 11.3 Å². The van der Waals surface area contributed by atoms with Crippen LogP contribution in [0.25, 0.3) is 37.6 Å². The maximum Gasteiger partial charge on any atom is 0.311 e. The Balaban J connectivity index is 1.89. The fraction of sp³-hybridized carbons (Fsp3) is 0. The molecule has 0 spiro atoms. The maximum atomic E-state index is 12.9. The van der Waals surface area contributed by atoms with Crippen molar-refractivity contribution >= 4 is 38.5 Å². The van der Waals surface area contributed by atoms with Crippen molar-refractivity contribution in [2.75, 3.05) is 0 Å². The lowest BCUT2D eigenvalue weighted by Gasteiger charge is -1.93. The van der Waals surface area contributed by atoms with Crippen LogP contribution in [0.15, 0.2) is 69.9 Å². The Morgan fingerprint density at radius 3 is 2.65 bits per heavy atom. The molecule has 0 amide bonds. The molecule has 5 rings (SSSR count). The SMILES string of the molecule is O=c1c2cc(-c3ccccc3)sc2nc2oc3ccccc3n12. The summed E-state index contributed by atoms with van der Waals surface area (Å²) in [5.41, 5.74) is 2.40. The van der Waals surface area contributed by atoms with Crippen LogP contribution in [0.1, 0.15) is 0 Å². The van der Waals surface area contributed by atoms with Gasteiger partial charge in [-0.3, -0.25) is 4.79 Å². The summed E-state index contributed by atoms with van der Waals surface area (Å²) in [4.78, 5) is 19.1. The molecule has 0 saturated carbocycles. The normalized spacial score (nSPS) is 11.7. The van der Waals surface area contributed by atoms with Crippen molar-refractivity contribution in [2.24, 2.45) is 0 Å². The minimum Gasteiger partial charge on any atom is -0.423 e. The average Bonchev–Trinajstić information content (AvgIpc) is 3.17. The first kappa shape index (κ1) is 12.6. The van der Waals surface area contributed by atoms with E-state index in [1.54, 1.807) is 4.40 Å². The van der Waals surface area contributed by atoms with Crippen molar-refractivity contribution < 1.29 is 4.42 Å². The number of hydrogen-bond donors (Lipinski definition) is 0. The highest BCUT2D eigenvalue weighted by Crippen LogP contribution is 2.31. The lowest BCUT2D eigenvalue weighted by molar-refractivity contribution is 0.637. The van der Waals surface area contributed by atoms with Gasteiger partial charge < -0.3 is 4.42 Å². The maximum absolute atomic E-state index is 12.9. The molecule has 0 radical (unpaired) electrons. The number of thiophene rings is 1. The molecule has 4 nitrogen and oxygen atoms in total. The summed E-state index contributed by atoms with van der Waals surface area (Å²) in [5.74, 6) is 0.338. The van der Waals surface area contributed by atoms with Crippen LogP contribution in [-0.2, 0) is 0 Å². The minimum atomic E-state index is -0.0895. The molecule has 0 aliphatic carbocycles. The van der Waals surface area contributed by atoms with E-state index in [0.717, 1.165) is 16.0 Å². The van der Waals surface area contributed by atoms with Crippen LogP contribution in [0.2, 0.25) is 0 Å². The third kappa shape index (κ3) is 1.77. The Bertz CT molecular complexity index is 1230. The largest absolute Gasteiger partial charge is 0.423 e. The lowest BCUT2D eigenvalue weighted by Crippen LogP contribution is -2.12. The number of hydrogen-bond acceptors (Lipinski definition) is 4. The van der Waals surface area contributed by atoms with Crippen molar-refractivity contribution in [3.05, 3.63) is 71.0 Å². The molecule has 5 heteroatoms. The first-order chi connectivity index (χ1) is 11.3.